The average Bonchev–Trinajstić information content (AvgIpc) is 2.55. The second-order valence-electron chi connectivity index (χ2n) is 5.45. The predicted octanol–water partition coefficient (Wildman–Crippen LogP) is 6.01. The molecule has 0 heterocycles. The smallest absolute Gasteiger partial charge is 0.157 e. The van der Waals surface area contributed by atoms with Gasteiger partial charge in [0.15, 0.2) is 5.75 Å². The molecular formula is C18H20Cl3NO2. The highest BCUT2D eigenvalue weighted by Crippen LogP contribution is 2.38. The van der Waals surface area contributed by atoms with Crippen molar-refractivity contribution in [1.82, 2.24) is 5.48 Å². The van der Waals surface area contributed by atoms with E-state index in [9.17, 15) is 0 Å². The van der Waals surface area contributed by atoms with Gasteiger partial charge in [0, 0.05) is 5.02 Å². The third-order valence-electron chi connectivity index (χ3n) is 3.71. The molecule has 0 saturated heterocycles. The highest BCUT2D eigenvalue weighted by atomic mass is 35.5. The zero-order chi connectivity index (χ0) is 17.7. The van der Waals surface area contributed by atoms with E-state index in [4.69, 9.17) is 44.4 Å². The molecule has 2 aromatic rings. The molecule has 0 amide bonds. The van der Waals surface area contributed by atoms with Crippen molar-refractivity contribution in [3.8, 4) is 16.9 Å². The summed E-state index contributed by atoms with van der Waals surface area (Å²) in [5.41, 5.74) is 4.76. The largest absolute Gasteiger partial charge is 0.486 e. The van der Waals surface area contributed by atoms with Crippen molar-refractivity contribution in [3.63, 3.8) is 0 Å². The summed E-state index contributed by atoms with van der Waals surface area (Å²) in [5, 5.41) is 1.62. The molecule has 2 aromatic carbocycles. The Hall–Kier alpha value is -0.970. The standard InChI is InChI=1S/C18H20Cl3NO2/c1-4-17(11(2)22-23-3)24-18-15(20)9-13(10-16(18)21)12-5-7-14(19)8-6-12/h5-11,17,22H,4H2,1-3H3. The van der Waals surface area contributed by atoms with Gasteiger partial charge in [-0.2, -0.15) is 5.48 Å². The lowest BCUT2D eigenvalue weighted by Gasteiger charge is -2.25. The highest BCUT2D eigenvalue weighted by molar-refractivity contribution is 6.37. The van der Waals surface area contributed by atoms with Gasteiger partial charge < -0.3 is 9.57 Å². The van der Waals surface area contributed by atoms with Crippen molar-refractivity contribution in [2.45, 2.75) is 32.4 Å². The number of benzene rings is 2. The normalized spacial score (nSPS) is 13.6. The van der Waals surface area contributed by atoms with Gasteiger partial charge in [-0.05, 0) is 48.7 Å². The van der Waals surface area contributed by atoms with Crippen LogP contribution in [0.1, 0.15) is 20.3 Å². The Bertz CT molecular complexity index is 653. The fraction of sp³-hybridized carbons (Fsp3) is 0.333. The Kier molecular flexibility index (Phi) is 7.20. The van der Waals surface area contributed by atoms with Gasteiger partial charge in [0.1, 0.15) is 6.10 Å². The second kappa shape index (κ2) is 8.93. The lowest BCUT2D eigenvalue weighted by Crippen LogP contribution is -2.40. The van der Waals surface area contributed by atoms with E-state index in [-0.39, 0.29) is 12.1 Å². The van der Waals surface area contributed by atoms with E-state index < -0.39 is 0 Å². The van der Waals surface area contributed by atoms with Crippen LogP contribution in [0.4, 0.5) is 0 Å². The molecule has 2 atom stereocenters. The van der Waals surface area contributed by atoms with E-state index in [0.29, 0.717) is 20.8 Å². The molecule has 0 spiro atoms. The fourth-order valence-corrected chi connectivity index (χ4v) is 3.14. The van der Waals surface area contributed by atoms with Gasteiger partial charge in [0.05, 0.1) is 23.2 Å². The first-order chi connectivity index (χ1) is 11.5. The van der Waals surface area contributed by atoms with Crippen molar-refractivity contribution in [3.05, 3.63) is 51.5 Å². The number of rotatable bonds is 7. The van der Waals surface area contributed by atoms with Crippen LogP contribution in [0.15, 0.2) is 36.4 Å². The zero-order valence-electron chi connectivity index (χ0n) is 13.8. The molecule has 0 saturated carbocycles. The molecule has 0 bridgehead atoms. The number of nitrogens with one attached hydrogen (secondary N) is 1. The van der Waals surface area contributed by atoms with Crippen LogP contribution in [0.2, 0.25) is 15.1 Å². The van der Waals surface area contributed by atoms with Crippen LogP contribution in [0.25, 0.3) is 11.1 Å². The number of halogens is 3. The zero-order valence-corrected chi connectivity index (χ0v) is 16.0. The van der Waals surface area contributed by atoms with Crippen LogP contribution in [0, 0.1) is 0 Å². The van der Waals surface area contributed by atoms with Crippen LogP contribution in [0.3, 0.4) is 0 Å². The predicted molar refractivity (Wildman–Crippen MR) is 101 cm³/mol. The first-order valence-corrected chi connectivity index (χ1v) is 8.79. The number of hydroxylamine groups is 1. The summed E-state index contributed by atoms with van der Waals surface area (Å²) in [6, 6.07) is 11.2. The maximum Gasteiger partial charge on any atom is 0.157 e. The van der Waals surface area contributed by atoms with E-state index in [1.54, 1.807) is 7.11 Å². The van der Waals surface area contributed by atoms with E-state index in [1.807, 2.05) is 50.2 Å². The van der Waals surface area contributed by atoms with Crippen LogP contribution in [-0.4, -0.2) is 19.3 Å². The van der Waals surface area contributed by atoms with Gasteiger partial charge in [-0.15, -0.1) is 0 Å². The minimum Gasteiger partial charge on any atom is -0.486 e. The SMILES string of the molecule is CCC(Oc1c(Cl)cc(-c2ccc(Cl)cc2)cc1Cl)C(C)NOC. The van der Waals surface area contributed by atoms with E-state index >= 15 is 0 Å². The topological polar surface area (TPSA) is 30.5 Å². The van der Waals surface area contributed by atoms with E-state index in [0.717, 1.165) is 17.5 Å². The summed E-state index contributed by atoms with van der Waals surface area (Å²) < 4.78 is 6.02. The van der Waals surface area contributed by atoms with Crippen molar-refractivity contribution < 1.29 is 9.57 Å². The third kappa shape index (κ3) is 4.78. The van der Waals surface area contributed by atoms with Crippen molar-refractivity contribution in [2.24, 2.45) is 0 Å². The summed E-state index contributed by atoms with van der Waals surface area (Å²) in [6.07, 6.45) is 0.657. The van der Waals surface area contributed by atoms with Crippen molar-refractivity contribution >= 4 is 34.8 Å². The van der Waals surface area contributed by atoms with Gasteiger partial charge in [0.25, 0.3) is 0 Å². The summed E-state index contributed by atoms with van der Waals surface area (Å²) in [7, 11) is 1.57. The number of ether oxygens (including phenoxy) is 1. The molecule has 0 aliphatic heterocycles. The summed E-state index contributed by atoms with van der Waals surface area (Å²) in [6.45, 7) is 4.00. The molecule has 0 radical (unpaired) electrons. The molecule has 0 aromatic heterocycles. The molecule has 6 heteroatoms. The molecule has 0 aliphatic rings. The molecule has 2 unspecified atom stereocenters. The van der Waals surface area contributed by atoms with Gasteiger partial charge in [-0.3, -0.25) is 0 Å². The number of hydrogen-bond acceptors (Lipinski definition) is 3. The third-order valence-corrected chi connectivity index (χ3v) is 4.52. The van der Waals surface area contributed by atoms with Gasteiger partial charge in [-0.1, -0.05) is 53.9 Å². The summed E-state index contributed by atoms with van der Waals surface area (Å²) in [4.78, 5) is 4.96. The van der Waals surface area contributed by atoms with Crippen LogP contribution < -0.4 is 10.2 Å². The first-order valence-electron chi connectivity index (χ1n) is 7.66. The van der Waals surface area contributed by atoms with E-state index in [1.165, 1.54) is 0 Å². The quantitative estimate of drug-likeness (QED) is 0.589. The average molecular weight is 389 g/mol. The van der Waals surface area contributed by atoms with Crippen molar-refractivity contribution in [1.29, 1.82) is 0 Å². The highest BCUT2D eigenvalue weighted by Gasteiger charge is 2.20. The molecule has 3 nitrogen and oxygen atoms in total. The molecule has 130 valence electrons. The maximum atomic E-state index is 6.41. The van der Waals surface area contributed by atoms with E-state index in [2.05, 4.69) is 5.48 Å². The minimum absolute atomic E-state index is 0.0110. The fourth-order valence-electron chi connectivity index (χ4n) is 2.43. The van der Waals surface area contributed by atoms with Crippen molar-refractivity contribution in [2.75, 3.05) is 7.11 Å². The molecular weight excluding hydrogens is 369 g/mol. The second-order valence-corrected chi connectivity index (χ2v) is 6.70. The van der Waals surface area contributed by atoms with Crippen LogP contribution >= 0.6 is 34.8 Å². The van der Waals surface area contributed by atoms with Crippen LogP contribution in [-0.2, 0) is 4.84 Å². The molecule has 0 aliphatic carbocycles. The molecule has 2 rings (SSSR count). The Labute approximate surface area is 157 Å². The summed E-state index contributed by atoms with van der Waals surface area (Å²) in [5.74, 6) is 0.479. The van der Waals surface area contributed by atoms with Gasteiger partial charge in [0.2, 0.25) is 0 Å². The van der Waals surface area contributed by atoms with Gasteiger partial charge in [-0.25, -0.2) is 0 Å². The Morgan fingerprint density at radius 3 is 2.08 bits per heavy atom. The first kappa shape index (κ1) is 19.4. The summed E-state index contributed by atoms with van der Waals surface area (Å²) >= 11 is 18.8. The van der Waals surface area contributed by atoms with Gasteiger partial charge >= 0.3 is 0 Å². The Morgan fingerprint density at radius 2 is 1.58 bits per heavy atom. The minimum atomic E-state index is -0.124. The molecule has 0 fully saturated rings. The monoisotopic (exact) mass is 387 g/mol. The maximum absolute atomic E-state index is 6.41. The lowest BCUT2D eigenvalue weighted by atomic mass is 10.1. The van der Waals surface area contributed by atoms with Crippen LogP contribution in [0.5, 0.6) is 5.75 Å². The Morgan fingerprint density at radius 1 is 1.00 bits per heavy atom. The molecule has 1 N–H and O–H groups in total. The Balaban J connectivity index is 2.28. The number of hydrogen-bond donors (Lipinski definition) is 1. The molecule has 24 heavy (non-hydrogen) atoms. The lowest BCUT2D eigenvalue weighted by molar-refractivity contribution is 0.0206.